The Morgan fingerprint density at radius 2 is 1.92 bits per heavy atom. The van der Waals surface area contributed by atoms with Crippen LogP contribution in [0.15, 0.2) is 18.8 Å². The summed E-state index contributed by atoms with van der Waals surface area (Å²) in [7, 11) is 0. The lowest BCUT2D eigenvalue weighted by molar-refractivity contribution is 0.962. The third-order valence-corrected chi connectivity index (χ3v) is 1.27. The first-order valence-corrected chi connectivity index (χ1v) is 3.67. The highest BCUT2D eigenvalue weighted by atomic mass is 15.4. The van der Waals surface area contributed by atoms with Gasteiger partial charge < -0.3 is 5.43 Å². The number of aryl methyl sites for hydroxylation is 2. The van der Waals surface area contributed by atoms with Gasteiger partial charge in [0, 0.05) is 17.6 Å². The van der Waals surface area contributed by atoms with Gasteiger partial charge in [0.25, 0.3) is 0 Å². The monoisotopic (exact) mass is 164 g/mol. The van der Waals surface area contributed by atoms with Gasteiger partial charge in [-0.05, 0) is 19.9 Å². The average Bonchev–Trinajstić information content (AvgIpc) is 1.99. The molecule has 64 valence electrons. The molecule has 4 nitrogen and oxygen atoms in total. The molecule has 12 heavy (non-hydrogen) atoms. The lowest BCUT2D eigenvalue weighted by Crippen LogP contribution is -2.16. The van der Waals surface area contributed by atoms with Crippen molar-refractivity contribution in [3.8, 4) is 0 Å². The standard InChI is InChI=1S/C8H12N4/c1-4-9-12-8-10-6(2)5-7(3)11-8/h4-5,9H,1H2,2-3H3,(H,10,11,12). The molecule has 0 atom stereocenters. The molecule has 0 unspecified atom stereocenters. The number of hydrogen-bond acceptors (Lipinski definition) is 4. The first kappa shape index (κ1) is 8.52. The average molecular weight is 164 g/mol. The van der Waals surface area contributed by atoms with Gasteiger partial charge in [-0.25, -0.2) is 9.97 Å². The molecular weight excluding hydrogens is 152 g/mol. The largest absolute Gasteiger partial charge is 0.306 e. The van der Waals surface area contributed by atoms with E-state index in [0.29, 0.717) is 5.95 Å². The topological polar surface area (TPSA) is 49.8 Å². The number of hydrogen-bond donors (Lipinski definition) is 2. The summed E-state index contributed by atoms with van der Waals surface area (Å²) in [6.07, 6.45) is 1.53. The molecule has 0 amide bonds. The molecule has 0 aromatic carbocycles. The van der Waals surface area contributed by atoms with Crippen LogP contribution in [0.4, 0.5) is 5.95 Å². The molecule has 1 heterocycles. The molecule has 0 spiro atoms. The van der Waals surface area contributed by atoms with Crippen molar-refractivity contribution in [2.24, 2.45) is 0 Å². The van der Waals surface area contributed by atoms with Crippen LogP contribution in [-0.2, 0) is 0 Å². The summed E-state index contributed by atoms with van der Waals surface area (Å²) in [4.78, 5) is 8.28. The van der Waals surface area contributed by atoms with E-state index >= 15 is 0 Å². The van der Waals surface area contributed by atoms with Crippen LogP contribution in [-0.4, -0.2) is 9.97 Å². The van der Waals surface area contributed by atoms with Gasteiger partial charge in [0.05, 0.1) is 0 Å². The first-order chi connectivity index (χ1) is 5.72. The summed E-state index contributed by atoms with van der Waals surface area (Å²) in [5, 5.41) is 0. The summed E-state index contributed by atoms with van der Waals surface area (Å²) in [6.45, 7) is 7.34. The molecule has 0 aliphatic carbocycles. The van der Waals surface area contributed by atoms with E-state index < -0.39 is 0 Å². The van der Waals surface area contributed by atoms with Gasteiger partial charge in [0.1, 0.15) is 0 Å². The maximum absolute atomic E-state index is 4.14. The van der Waals surface area contributed by atoms with Crippen molar-refractivity contribution < 1.29 is 0 Å². The Kier molecular flexibility index (Phi) is 2.63. The van der Waals surface area contributed by atoms with Crippen molar-refractivity contribution in [3.05, 3.63) is 30.2 Å². The summed E-state index contributed by atoms with van der Waals surface area (Å²) in [5.74, 6) is 0.562. The fourth-order valence-electron chi connectivity index (χ4n) is 0.897. The molecule has 0 bridgehead atoms. The van der Waals surface area contributed by atoms with Gasteiger partial charge in [-0.2, -0.15) is 0 Å². The zero-order valence-electron chi connectivity index (χ0n) is 7.26. The van der Waals surface area contributed by atoms with Crippen LogP contribution < -0.4 is 10.9 Å². The van der Waals surface area contributed by atoms with Crippen molar-refractivity contribution in [1.29, 1.82) is 0 Å². The number of rotatable bonds is 3. The number of nitrogens with zero attached hydrogens (tertiary/aromatic N) is 2. The van der Waals surface area contributed by atoms with Crippen LogP contribution in [0.3, 0.4) is 0 Å². The second-order valence-electron chi connectivity index (χ2n) is 2.45. The van der Waals surface area contributed by atoms with Crippen molar-refractivity contribution in [2.45, 2.75) is 13.8 Å². The fraction of sp³-hybridized carbons (Fsp3) is 0.250. The Morgan fingerprint density at radius 3 is 2.42 bits per heavy atom. The van der Waals surface area contributed by atoms with Crippen molar-refractivity contribution in [3.63, 3.8) is 0 Å². The Morgan fingerprint density at radius 1 is 1.33 bits per heavy atom. The van der Waals surface area contributed by atoms with Crippen LogP contribution in [0.5, 0.6) is 0 Å². The molecule has 0 fully saturated rings. The minimum atomic E-state index is 0.562. The van der Waals surface area contributed by atoms with Gasteiger partial charge in [-0.15, -0.1) is 0 Å². The lowest BCUT2D eigenvalue weighted by Gasteiger charge is -2.04. The molecule has 1 aromatic heterocycles. The van der Waals surface area contributed by atoms with E-state index in [9.17, 15) is 0 Å². The third-order valence-electron chi connectivity index (χ3n) is 1.27. The number of nitrogens with one attached hydrogen (secondary N) is 2. The molecule has 0 saturated heterocycles. The molecule has 4 heteroatoms. The quantitative estimate of drug-likeness (QED) is 0.658. The highest BCUT2D eigenvalue weighted by molar-refractivity contribution is 5.26. The highest BCUT2D eigenvalue weighted by Gasteiger charge is 1.95. The molecule has 1 aromatic rings. The minimum Gasteiger partial charge on any atom is -0.306 e. The van der Waals surface area contributed by atoms with Gasteiger partial charge in [-0.3, -0.25) is 5.43 Å². The molecule has 2 N–H and O–H groups in total. The number of hydrazine groups is 1. The highest BCUT2D eigenvalue weighted by Crippen LogP contribution is 2.01. The van der Waals surface area contributed by atoms with E-state index in [4.69, 9.17) is 0 Å². The number of anilines is 1. The van der Waals surface area contributed by atoms with Crippen LogP contribution in [0.2, 0.25) is 0 Å². The van der Waals surface area contributed by atoms with E-state index in [2.05, 4.69) is 27.4 Å². The van der Waals surface area contributed by atoms with E-state index in [-0.39, 0.29) is 0 Å². The molecule has 0 radical (unpaired) electrons. The van der Waals surface area contributed by atoms with Crippen LogP contribution in [0, 0.1) is 13.8 Å². The molecular formula is C8H12N4. The molecule has 0 saturated carbocycles. The minimum absolute atomic E-state index is 0.562. The smallest absolute Gasteiger partial charge is 0.242 e. The fourth-order valence-corrected chi connectivity index (χ4v) is 0.897. The van der Waals surface area contributed by atoms with E-state index in [1.54, 1.807) is 0 Å². The third kappa shape index (κ3) is 2.23. The summed E-state index contributed by atoms with van der Waals surface area (Å²) in [6, 6.07) is 1.92. The van der Waals surface area contributed by atoms with Gasteiger partial charge in [0.15, 0.2) is 0 Å². The maximum atomic E-state index is 4.14. The Hall–Kier alpha value is -1.58. The van der Waals surface area contributed by atoms with Gasteiger partial charge in [-0.1, -0.05) is 6.58 Å². The van der Waals surface area contributed by atoms with Gasteiger partial charge >= 0.3 is 0 Å². The Bertz CT molecular complexity index is 262. The predicted octanol–water partition coefficient (Wildman–Crippen LogP) is 1.15. The second-order valence-corrected chi connectivity index (χ2v) is 2.45. The second kappa shape index (κ2) is 3.71. The van der Waals surface area contributed by atoms with Crippen LogP contribution >= 0.6 is 0 Å². The lowest BCUT2D eigenvalue weighted by atomic mass is 10.4. The summed E-state index contributed by atoms with van der Waals surface area (Å²) < 4.78 is 0. The first-order valence-electron chi connectivity index (χ1n) is 3.67. The molecule has 0 aliphatic rings. The van der Waals surface area contributed by atoms with E-state index in [0.717, 1.165) is 11.4 Å². The van der Waals surface area contributed by atoms with E-state index in [1.807, 2.05) is 19.9 Å². The Balaban J connectivity index is 2.78. The van der Waals surface area contributed by atoms with E-state index in [1.165, 1.54) is 6.20 Å². The van der Waals surface area contributed by atoms with Crippen molar-refractivity contribution in [1.82, 2.24) is 15.4 Å². The van der Waals surface area contributed by atoms with Gasteiger partial charge in [0.2, 0.25) is 5.95 Å². The van der Waals surface area contributed by atoms with Crippen LogP contribution in [0.25, 0.3) is 0 Å². The zero-order valence-corrected chi connectivity index (χ0v) is 7.26. The SMILES string of the molecule is C=CNNc1nc(C)cc(C)n1. The van der Waals surface area contributed by atoms with Crippen LogP contribution in [0.1, 0.15) is 11.4 Å². The number of aromatic nitrogens is 2. The Labute approximate surface area is 71.7 Å². The normalized spacial score (nSPS) is 9.17. The molecule has 1 rings (SSSR count). The predicted molar refractivity (Wildman–Crippen MR) is 48.5 cm³/mol. The van der Waals surface area contributed by atoms with Crippen molar-refractivity contribution in [2.75, 3.05) is 5.43 Å². The molecule has 0 aliphatic heterocycles. The summed E-state index contributed by atoms with van der Waals surface area (Å²) in [5.41, 5.74) is 7.37. The van der Waals surface area contributed by atoms with Crippen molar-refractivity contribution >= 4 is 5.95 Å². The maximum Gasteiger partial charge on any atom is 0.242 e. The zero-order chi connectivity index (χ0) is 8.97. The summed E-state index contributed by atoms with van der Waals surface area (Å²) >= 11 is 0.